The number of halogens is 3. The average molecular weight is 343 g/mol. The van der Waals surface area contributed by atoms with Crippen LogP contribution in [0.4, 0.5) is 5.00 Å². The van der Waals surface area contributed by atoms with Gasteiger partial charge in [0.2, 0.25) is 0 Å². The first-order valence-electron chi connectivity index (χ1n) is 4.26. The number of hydrogen-bond donors (Lipinski definition) is 0. The van der Waals surface area contributed by atoms with E-state index in [0.717, 1.165) is 23.1 Å². The van der Waals surface area contributed by atoms with Crippen LogP contribution in [0.25, 0.3) is 0 Å². The molecule has 18 heavy (non-hydrogen) atoms. The number of pyridine rings is 1. The van der Waals surface area contributed by atoms with E-state index in [0.29, 0.717) is 14.3 Å². The van der Waals surface area contributed by atoms with Gasteiger partial charge in [0.05, 0.1) is 19.9 Å². The molecule has 0 aliphatic carbocycles. The number of thiazole rings is 1. The van der Waals surface area contributed by atoms with Gasteiger partial charge in [-0.05, 0) is 11.3 Å². The minimum Gasteiger partial charge on any atom is -0.257 e. The molecule has 0 bridgehead atoms. The zero-order chi connectivity index (χ0) is 13.3. The molecule has 0 unspecified atom stereocenters. The second-order valence-corrected chi connectivity index (χ2v) is 6.27. The second kappa shape index (κ2) is 5.58. The second-order valence-electron chi connectivity index (χ2n) is 2.86. The van der Waals surface area contributed by atoms with Gasteiger partial charge in [0.15, 0.2) is 4.34 Å². The number of rotatable bonds is 3. The smallest absolute Gasteiger partial charge is 0.257 e. The fraction of sp³-hybridized carbons (Fsp3) is 0. The van der Waals surface area contributed by atoms with Crippen LogP contribution in [0.1, 0.15) is 0 Å². The van der Waals surface area contributed by atoms with E-state index in [1.807, 2.05) is 0 Å². The Morgan fingerprint density at radius 3 is 2.61 bits per heavy atom. The summed E-state index contributed by atoms with van der Waals surface area (Å²) in [5.41, 5.74) is 0. The highest BCUT2D eigenvalue weighted by atomic mass is 35.5. The van der Waals surface area contributed by atoms with Crippen LogP contribution in [0.3, 0.4) is 0 Å². The molecule has 5 nitrogen and oxygen atoms in total. The molecule has 0 aromatic carbocycles. The lowest BCUT2D eigenvalue weighted by Crippen LogP contribution is -1.83. The Labute approximate surface area is 124 Å². The molecule has 2 aromatic heterocycles. The summed E-state index contributed by atoms with van der Waals surface area (Å²) in [6, 6.07) is 0. The van der Waals surface area contributed by atoms with E-state index in [2.05, 4.69) is 9.97 Å². The summed E-state index contributed by atoms with van der Waals surface area (Å²) >= 11 is 19.7. The van der Waals surface area contributed by atoms with E-state index in [1.165, 1.54) is 12.4 Å². The van der Waals surface area contributed by atoms with Crippen molar-refractivity contribution in [3.05, 3.63) is 37.7 Å². The molecule has 0 aliphatic heterocycles. The van der Waals surface area contributed by atoms with Crippen molar-refractivity contribution in [1.29, 1.82) is 0 Å². The Morgan fingerprint density at radius 1 is 1.28 bits per heavy atom. The number of nitro groups is 1. The van der Waals surface area contributed by atoms with Crippen LogP contribution in [-0.2, 0) is 0 Å². The van der Waals surface area contributed by atoms with Crippen LogP contribution in [0.15, 0.2) is 21.6 Å². The highest BCUT2D eigenvalue weighted by molar-refractivity contribution is 8.01. The highest BCUT2D eigenvalue weighted by Crippen LogP contribution is 2.42. The maximum Gasteiger partial charge on any atom is 0.344 e. The largest absolute Gasteiger partial charge is 0.344 e. The van der Waals surface area contributed by atoms with Gasteiger partial charge in [0, 0.05) is 6.20 Å². The SMILES string of the molecule is O=[N+]([O-])c1cnc(Sc2c(Cl)cnc(Cl)c2Cl)s1. The van der Waals surface area contributed by atoms with Crippen molar-refractivity contribution < 1.29 is 4.92 Å². The Bertz CT molecular complexity index is 620. The van der Waals surface area contributed by atoms with Crippen molar-refractivity contribution >= 4 is 62.9 Å². The predicted molar refractivity (Wildman–Crippen MR) is 72.2 cm³/mol. The van der Waals surface area contributed by atoms with E-state index in [4.69, 9.17) is 34.8 Å². The molecule has 0 atom stereocenters. The van der Waals surface area contributed by atoms with Crippen molar-refractivity contribution in [1.82, 2.24) is 9.97 Å². The van der Waals surface area contributed by atoms with Crippen molar-refractivity contribution in [2.45, 2.75) is 9.24 Å². The standard InChI is InChI=1S/C8H2Cl3N3O2S2/c9-3-1-12-7(11)5(10)6(3)18-8-13-2-4(17-8)14(15)16/h1-2H. The van der Waals surface area contributed by atoms with Crippen molar-refractivity contribution in [3.8, 4) is 0 Å². The van der Waals surface area contributed by atoms with Gasteiger partial charge in [-0.15, -0.1) is 0 Å². The molecule has 10 heteroatoms. The van der Waals surface area contributed by atoms with Crippen molar-refractivity contribution in [2.24, 2.45) is 0 Å². The first-order valence-corrected chi connectivity index (χ1v) is 7.03. The van der Waals surface area contributed by atoms with Crippen molar-refractivity contribution in [3.63, 3.8) is 0 Å². The molecule has 0 spiro atoms. The number of nitrogens with zero attached hydrogens (tertiary/aromatic N) is 3. The zero-order valence-corrected chi connectivity index (χ0v) is 12.2. The van der Waals surface area contributed by atoms with Crippen LogP contribution in [0.5, 0.6) is 0 Å². The molecule has 2 heterocycles. The predicted octanol–water partition coefficient (Wildman–Crippen LogP) is 4.56. The zero-order valence-electron chi connectivity index (χ0n) is 8.26. The lowest BCUT2D eigenvalue weighted by molar-refractivity contribution is -0.380. The summed E-state index contributed by atoms with van der Waals surface area (Å²) < 4.78 is 0.452. The molecule has 0 N–H and O–H groups in total. The van der Waals surface area contributed by atoms with E-state index in [1.54, 1.807) is 0 Å². The third kappa shape index (κ3) is 2.86. The summed E-state index contributed by atoms with van der Waals surface area (Å²) in [6.45, 7) is 0. The molecule has 0 amide bonds. The first kappa shape index (κ1) is 13.8. The van der Waals surface area contributed by atoms with Gasteiger partial charge in [-0.1, -0.05) is 46.6 Å². The topological polar surface area (TPSA) is 68.9 Å². The molecule has 2 aromatic rings. The highest BCUT2D eigenvalue weighted by Gasteiger charge is 2.17. The first-order chi connectivity index (χ1) is 8.49. The normalized spacial score (nSPS) is 10.6. The third-order valence-electron chi connectivity index (χ3n) is 1.73. The van der Waals surface area contributed by atoms with Crippen LogP contribution in [-0.4, -0.2) is 14.9 Å². The lowest BCUT2D eigenvalue weighted by atomic mass is 10.5. The van der Waals surface area contributed by atoms with Crippen LogP contribution in [0, 0.1) is 10.1 Å². The molecule has 0 radical (unpaired) electrons. The summed E-state index contributed by atoms with van der Waals surface area (Å²) in [6.07, 6.45) is 2.54. The molecular formula is C8H2Cl3N3O2S2. The van der Waals surface area contributed by atoms with Crippen LogP contribution >= 0.6 is 57.9 Å². The van der Waals surface area contributed by atoms with Crippen LogP contribution < -0.4 is 0 Å². The van der Waals surface area contributed by atoms with Gasteiger partial charge in [0.1, 0.15) is 11.3 Å². The monoisotopic (exact) mass is 341 g/mol. The van der Waals surface area contributed by atoms with Gasteiger partial charge in [0.25, 0.3) is 0 Å². The van der Waals surface area contributed by atoms with Gasteiger partial charge < -0.3 is 0 Å². The van der Waals surface area contributed by atoms with E-state index < -0.39 is 4.92 Å². The maximum atomic E-state index is 10.5. The minimum atomic E-state index is -0.509. The average Bonchev–Trinajstić information content (AvgIpc) is 2.78. The number of aromatic nitrogens is 2. The summed E-state index contributed by atoms with van der Waals surface area (Å²) in [5.74, 6) is 0. The van der Waals surface area contributed by atoms with Gasteiger partial charge in [-0.3, -0.25) is 10.1 Å². The molecule has 2 rings (SSSR count). The molecule has 0 aliphatic rings. The molecule has 0 fully saturated rings. The maximum absolute atomic E-state index is 10.5. The van der Waals surface area contributed by atoms with E-state index in [9.17, 15) is 10.1 Å². The van der Waals surface area contributed by atoms with E-state index in [-0.39, 0.29) is 15.2 Å². The lowest BCUT2D eigenvalue weighted by Gasteiger charge is -2.04. The Balaban J connectivity index is 2.33. The molecular weight excluding hydrogens is 341 g/mol. The summed E-state index contributed by atoms with van der Waals surface area (Å²) in [4.78, 5) is 18.2. The Kier molecular flexibility index (Phi) is 4.29. The van der Waals surface area contributed by atoms with Gasteiger partial charge >= 0.3 is 5.00 Å². The molecule has 0 saturated carbocycles. The quantitative estimate of drug-likeness (QED) is 0.464. The van der Waals surface area contributed by atoms with Gasteiger partial charge in [-0.2, -0.15) is 0 Å². The molecule has 94 valence electrons. The van der Waals surface area contributed by atoms with Crippen LogP contribution in [0.2, 0.25) is 15.2 Å². The Morgan fingerprint density at radius 2 is 2.00 bits per heavy atom. The minimum absolute atomic E-state index is 0.0510. The summed E-state index contributed by atoms with van der Waals surface area (Å²) in [7, 11) is 0. The fourth-order valence-electron chi connectivity index (χ4n) is 0.990. The number of hydrogen-bond acceptors (Lipinski definition) is 6. The Hall–Kier alpha value is -0.600. The fourth-order valence-corrected chi connectivity index (χ4v) is 3.52. The van der Waals surface area contributed by atoms with E-state index >= 15 is 0 Å². The summed E-state index contributed by atoms with van der Waals surface area (Å²) in [5, 5.41) is 11.1. The van der Waals surface area contributed by atoms with Crippen molar-refractivity contribution in [2.75, 3.05) is 0 Å². The molecule has 0 saturated heterocycles. The van der Waals surface area contributed by atoms with Gasteiger partial charge in [-0.25, -0.2) is 9.97 Å². The third-order valence-corrected chi connectivity index (χ3v) is 5.14.